The number of amides is 1. The summed E-state index contributed by atoms with van der Waals surface area (Å²) in [5.41, 5.74) is 3.09. The lowest BCUT2D eigenvalue weighted by Gasteiger charge is -2.30. The number of benzene rings is 2. The molecule has 0 saturated carbocycles. The average molecular weight is 409 g/mol. The second-order valence-electron chi connectivity index (χ2n) is 9.11. The van der Waals surface area contributed by atoms with Crippen LogP contribution in [0.2, 0.25) is 0 Å². The van der Waals surface area contributed by atoms with Gasteiger partial charge in [0.25, 0.3) is 5.91 Å². The lowest BCUT2D eigenvalue weighted by molar-refractivity contribution is 0.0932. The van der Waals surface area contributed by atoms with Gasteiger partial charge < -0.3 is 10.1 Å². The van der Waals surface area contributed by atoms with Gasteiger partial charge >= 0.3 is 0 Å². The summed E-state index contributed by atoms with van der Waals surface area (Å²) in [6.45, 7) is 9.99. The summed E-state index contributed by atoms with van der Waals surface area (Å²) >= 11 is 0. The molecule has 1 heterocycles. The van der Waals surface area contributed by atoms with Gasteiger partial charge in [-0.15, -0.1) is 0 Å². The highest BCUT2D eigenvalue weighted by Crippen LogP contribution is 2.24. The fourth-order valence-electron chi connectivity index (χ4n) is 4.28. The highest BCUT2D eigenvalue weighted by atomic mass is 16.5. The van der Waals surface area contributed by atoms with Crippen LogP contribution in [0, 0.1) is 11.8 Å². The summed E-state index contributed by atoms with van der Waals surface area (Å²) in [4.78, 5) is 15.5. The standard InChI is InChI=1S/C26H36N2O2/c1-19(2)16-25(22-11-13-24(30-4)14-12-22)27-26(29)23-9-7-21(8-10-23)18-28-15-5-6-20(3)17-28/h7-14,19-20,25H,5-6,15-18H2,1-4H3,(H,27,29)/t20-,25-/m0/s1. The first-order chi connectivity index (χ1) is 14.4. The number of methoxy groups -OCH3 is 1. The minimum atomic E-state index is -0.0189. The highest BCUT2D eigenvalue weighted by Gasteiger charge is 2.19. The van der Waals surface area contributed by atoms with Gasteiger partial charge in [0, 0.05) is 18.7 Å². The summed E-state index contributed by atoms with van der Waals surface area (Å²) in [7, 11) is 1.66. The van der Waals surface area contributed by atoms with Crippen LogP contribution in [0.5, 0.6) is 5.75 Å². The number of hydrogen-bond acceptors (Lipinski definition) is 3. The third kappa shape index (κ3) is 6.33. The second-order valence-corrected chi connectivity index (χ2v) is 9.11. The van der Waals surface area contributed by atoms with Crippen molar-refractivity contribution in [2.45, 2.75) is 52.6 Å². The van der Waals surface area contributed by atoms with E-state index in [-0.39, 0.29) is 11.9 Å². The third-order valence-electron chi connectivity index (χ3n) is 5.89. The molecule has 1 N–H and O–H groups in total. The summed E-state index contributed by atoms with van der Waals surface area (Å²) < 4.78 is 5.26. The zero-order valence-corrected chi connectivity index (χ0v) is 18.9. The number of piperidine rings is 1. The Hall–Kier alpha value is -2.33. The van der Waals surface area contributed by atoms with Crippen molar-refractivity contribution in [3.8, 4) is 5.75 Å². The number of carbonyl (C=O) groups is 1. The van der Waals surface area contributed by atoms with Crippen LogP contribution in [0.25, 0.3) is 0 Å². The van der Waals surface area contributed by atoms with Crippen molar-refractivity contribution in [3.63, 3.8) is 0 Å². The zero-order chi connectivity index (χ0) is 21.5. The third-order valence-corrected chi connectivity index (χ3v) is 5.89. The number of carbonyl (C=O) groups excluding carboxylic acids is 1. The molecular formula is C26H36N2O2. The number of ether oxygens (including phenoxy) is 1. The molecule has 0 radical (unpaired) electrons. The molecule has 1 aliphatic rings. The Morgan fingerprint density at radius 3 is 2.43 bits per heavy atom. The molecule has 30 heavy (non-hydrogen) atoms. The Balaban J connectivity index is 1.64. The molecule has 3 rings (SSSR count). The number of rotatable bonds is 8. The van der Waals surface area contributed by atoms with Gasteiger partial charge in [0.05, 0.1) is 13.2 Å². The van der Waals surface area contributed by atoms with Gasteiger partial charge in [-0.2, -0.15) is 0 Å². The maximum Gasteiger partial charge on any atom is 0.251 e. The lowest BCUT2D eigenvalue weighted by atomic mass is 9.96. The van der Waals surface area contributed by atoms with Crippen LogP contribution in [0.15, 0.2) is 48.5 Å². The number of likely N-dealkylation sites (tertiary alicyclic amines) is 1. The molecule has 1 amide bonds. The Morgan fingerprint density at radius 1 is 1.13 bits per heavy atom. The van der Waals surface area contributed by atoms with Crippen LogP contribution in [0.3, 0.4) is 0 Å². The van der Waals surface area contributed by atoms with Crippen molar-refractivity contribution < 1.29 is 9.53 Å². The smallest absolute Gasteiger partial charge is 0.251 e. The topological polar surface area (TPSA) is 41.6 Å². The van der Waals surface area contributed by atoms with Crippen LogP contribution in [0.4, 0.5) is 0 Å². The minimum Gasteiger partial charge on any atom is -0.497 e. The molecule has 1 saturated heterocycles. The number of nitrogens with one attached hydrogen (secondary N) is 1. The van der Waals surface area contributed by atoms with Gasteiger partial charge in [-0.25, -0.2) is 0 Å². The molecule has 2 aromatic carbocycles. The molecule has 0 spiro atoms. The molecular weight excluding hydrogens is 372 g/mol. The van der Waals surface area contributed by atoms with E-state index in [0.717, 1.165) is 30.2 Å². The van der Waals surface area contributed by atoms with Crippen molar-refractivity contribution in [1.82, 2.24) is 10.2 Å². The van der Waals surface area contributed by atoms with Crippen LogP contribution in [-0.4, -0.2) is 31.0 Å². The van der Waals surface area contributed by atoms with Gasteiger partial charge in [0.15, 0.2) is 0 Å². The first kappa shape index (κ1) is 22.4. The molecule has 0 bridgehead atoms. The molecule has 162 valence electrons. The zero-order valence-electron chi connectivity index (χ0n) is 18.9. The molecule has 4 heteroatoms. The monoisotopic (exact) mass is 408 g/mol. The van der Waals surface area contributed by atoms with E-state index in [1.165, 1.54) is 31.5 Å². The van der Waals surface area contributed by atoms with E-state index in [0.29, 0.717) is 11.5 Å². The normalized spacial score (nSPS) is 18.2. The molecule has 1 aliphatic heterocycles. The summed E-state index contributed by atoms with van der Waals surface area (Å²) in [5.74, 6) is 2.06. The predicted molar refractivity (Wildman–Crippen MR) is 123 cm³/mol. The Bertz CT molecular complexity index is 799. The van der Waals surface area contributed by atoms with Crippen molar-refractivity contribution in [3.05, 3.63) is 65.2 Å². The lowest BCUT2D eigenvalue weighted by Crippen LogP contribution is -2.33. The highest BCUT2D eigenvalue weighted by molar-refractivity contribution is 5.94. The van der Waals surface area contributed by atoms with Crippen LogP contribution in [-0.2, 0) is 6.54 Å². The van der Waals surface area contributed by atoms with Gasteiger partial charge in [-0.1, -0.05) is 45.0 Å². The molecule has 4 nitrogen and oxygen atoms in total. The van der Waals surface area contributed by atoms with Gasteiger partial charge in [0.2, 0.25) is 0 Å². The minimum absolute atomic E-state index is 0.0158. The van der Waals surface area contributed by atoms with E-state index in [2.05, 4.69) is 43.1 Å². The van der Waals surface area contributed by atoms with Gasteiger partial charge in [-0.05, 0) is 73.0 Å². The van der Waals surface area contributed by atoms with E-state index in [9.17, 15) is 4.79 Å². The van der Waals surface area contributed by atoms with E-state index in [1.54, 1.807) is 7.11 Å². The summed E-state index contributed by atoms with van der Waals surface area (Å²) in [6, 6.07) is 16.1. The van der Waals surface area contributed by atoms with Crippen molar-refractivity contribution in [2.24, 2.45) is 11.8 Å². The molecule has 2 aromatic rings. The van der Waals surface area contributed by atoms with Crippen molar-refractivity contribution >= 4 is 5.91 Å². The first-order valence-electron chi connectivity index (χ1n) is 11.2. The fraction of sp³-hybridized carbons (Fsp3) is 0.500. The Kier molecular flexibility index (Phi) is 7.92. The second kappa shape index (κ2) is 10.6. The molecule has 1 fully saturated rings. The van der Waals surface area contributed by atoms with Gasteiger partial charge in [-0.3, -0.25) is 9.69 Å². The SMILES string of the molecule is COc1ccc([C@H](CC(C)C)NC(=O)c2ccc(CN3CCC[C@H](C)C3)cc2)cc1. The Morgan fingerprint density at radius 2 is 1.83 bits per heavy atom. The molecule has 0 aromatic heterocycles. The van der Waals surface area contributed by atoms with Crippen LogP contribution in [0.1, 0.15) is 67.6 Å². The quantitative estimate of drug-likeness (QED) is 0.632. The van der Waals surface area contributed by atoms with Crippen LogP contribution >= 0.6 is 0 Å². The molecule has 0 unspecified atom stereocenters. The van der Waals surface area contributed by atoms with Crippen LogP contribution < -0.4 is 10.1 Å². The van der Waals surface area contributed by atoms with E-state index >= 15 is 0 Å². The maximum atomic E-state index is 12.9. The Labute approximate surface area is 181 Å². The molecule has 2 atom stereocenters. The van der Waals surface area contributed by atoms with E-state index in [1.807, 2.05) is 36.4 Å². The summed E-state index contributed by atoms with van der Waals surface area (Å²) in [6.07, 6.45) is 3.51. The number of nitrogens with zero attached hydrogens (tertiary/aromatic N) is 1. The molecule has 0 aliphatic carbocycles. The number of hydrogen-bond donors (Lipinski definition) is 1. The van der Waals surface area contributed by atoms with Crippen molar-refractivity contribution in [2.75, 3.05) is 20.2 Å². The largest absolute Gasteiger partial charge is 0.497 e. The van der Waals surface area contributed by atoms with E-state index in [4.69, 9.17) is 4.74 Å². The maximum absolute atomic E-state index is 12.9. The van der Waals surface area contributed by atoms with E-state index < -0.39 is 0 Å². The predicted octanol–water partition coefficient (Wildman–Crippen LogP) is 5.44. The average Bonchev–Trinajstić information content (AvgIpc) is 2.73. The first-order valence-corrected chi connectivity index (χ1v) is 11.2. The summed E-state index contributed by atoms with van der Waals surface area (Å²) in [5, 5.41) is 3.23. The van der Waals surface area contributed by atoms with Crippen molar-refractivity contribution in [1.29, 1.82) is 0 Å². The fourth-order valence-corrected chi connectivity index (χ4v) is 4.28. The van der Waals surface area contributed by atoms with Gasteiger partial charge in [0.1, 0.15) is 5.75 Å².